The molecule has 0 radical (unpaired) electrons. The van der Waals surface area contributed by atoms with Gasteiger partial charge in [-0.1, -0.05) is 6.92 Å². The summed E-state index contributed by atoms with van der Waals surface area (Å²) in [6, 6.07) is 3.47. The number of imide groups is 1. The number of hydrogen-bond donors (Lipinski definition) is 4. The van der Waals surface area contributed by atoms with Gasteiger partial charge in [0.1, 0.15) is 11.3 Å². The van der Waals surface area contributed by atoms with Gasteiger partial charge >= 0.3 is 6.03 Å². The van der Waals surface area contributed by atoms with E-state index in [4.69, 9.17) is 4.74 Å². The van der Waals surface area contributed by atoms with Gasteiger partial charge in [-0.2, -0.15) is 0 Å². The number of rotatable bonds is 5. The number of piperidine rings is 1. The monoisotopic (exact) mass is 396 g/mol. The van der Waals surface area contributed by atoms with E-state index in [1.165, 1.54) is 32.2 Å². The van der Waals surface area contributed by atoms with Crippen LogP contribution in [0.1, 0.15) is 25.8 Å². The van der Waals surface area contributed by atoms with Crippen molar-refractivity contribution >= 4 is 22.0 Å². The van der Waals surface area contributed by atoms with E-state index >= 15 is 0 Å². The zero-order chi connectivity index (χ0) is 19.8. The van der Waals surface area contributed by atoms with E-state index in [2.05, 4.69) is 20.7 Å². The molecule has 3 atom stereocenters. The Hall–Kier alpha value is -2.17. The molecule has 0 saturated carbocycles. The molecule has 4 N–H and O–H groups in total. The second-order valence-corrected chi connectivity index (χ2v) is 8.81. The molecule has 2 aliphatic heterocycles. The predicted molar refractivity (Wildman–Crippen MR) is 97.8 cm³/mol. The van der Waals surface area contributed by atoms with Crippen molar-refractivity contribution < 1.29 is 22.7 Å². The van der Waals surface area contributed by atoms with Crippen molar-refractivity contribution in [3.63, 3.8) is 0 Å². The van der Waals surface area contributed by atoms with Crippen LogP contribution in [0.15, 0.2) is 23.1 Å². The first-order valence-corrected chi connectivity index (χ1v) is 10.2. The summed E-state index contributed by atoms with van der Waals surface area (Å²) in [4.78, 5) is 23.9. The topological polar surface area (TPSA) is 126 Å². The van der Waals surface area contributed by atoms with Crippen molar-refractivity contribution in [2.45, 2.75) is 36.7 Å². The smallest absolute Gasteiger partial charge is 0.322 e. The minimum Gasteiger partial charge on any atom is -0.496 e. The Bertz CT molecular complexity index is 872. The molecule has 0 spiro atoms. The van der Waals surface area contributed by atoms with Gasteiger partial charge in [0, 0.05) is 11.6 Å². The van der Waals surface area contributed by atoms with Crippen molar-refractivity contribution in [3.05, 3.63) is 23.8 Å². The molecule has 2 saturated heterocycles. The average Bonchev–Trinajstić information content (AvgIpc) is 2.89. The lowest BCUT2D eigenvalue weighted by Crippen LogP contribution is -2.48. The lowest BCUT2D eigenvalue weighted by Gasteiger charge is -2.30. The van der Waals surface area contributed by atoms with Crippen LogP contribution in [0.2, 0.25) is 0 Å². The largest absolute Gasteiger partial charge is 0.496 e. The highest BCUT2D eigenvalue weighted by atomic mass is 32.2. The summed E-state index contributed by atoms with van der Waals surface area (Å²) < 4.78 is 33.8. The van der Waals surface area contributed by atoms with Crippen LogP contribution < -0.4 is 25.4 Å². The normalized spacial score (nSPS) is 28.6. The summed E-state index contributed by atoms with van der Waals surface area (Å²) in [5.74, 6) is -0.104. The molecule has 3 unspecified atom stereocenters. The summed E-state index contributed by atoms with van der Waals surface area (Å²) in [6.07, 6.45) is 0.694. The SMILES string of the molecule is COc1ccc(S(=O)(=O)NC2CCNCC2C)cc1C1(C)NC(=O)NC1=O. The lowest BCUT2D eigenvalue weighted by atomic mass is 9.91. The van der Waals surface area contributed by atoms with E-state index in [1.807, 2.05) is 6.92 Å². The van der Waals surface area contributed by atoms with Crippen molar-refractivity contribution in [2.75, 3.05) is 20.2 Å². The minimum atomic E-state index is -3.81. The van der Waals surface area contributed by atoms with Crippen LogP contribution in [0.25, 0.3) is 0 Å². The minimum absolute atomic E-state index is 0.0132. The Morgan fingerprint density at radius 1 is 1.30 bits per heavy atom. The molecule has 2 heterocycles. The van der Waals surface area contributed by atoms with Gasteiger partial charge < -0.3 is 15.4 Å². The van der Waals surface area contributed by atoms with Crippen LogP contribution in [-0.4, -0.2) is 46.6 Å². The highest BCUT2D eigenvalue weighted by Gasteiger charge is 2.45. The lowest BCUT2D eigenvalue weighted by molar-refractivity contribution is -0.123. The molecule has 2 fully saturated rings. The van der Waals surface area contributed by atoms with Gasteiger partial charge in [0.05, 0.1) is 12.0 Å². The third-order valence-corrected chi connectivity index (χ3v) is 6.64. The van der Waals surface area contributed by atoms with Gasteiger partial charge in [0.25, 0.3) is 5.91 Å². The first-order chi connectivity index (χ1) is 12.7. The van der Waals surface area contributed by atoms with E-state index in [0.29, 0.717) is 12.2 Å². The number of urea groups is 1. The van der Waals surface area contributed by atoms with Crippen LogP contribution in [0.4, 0.5) is 4.79 Å². The van der Waals surface area contributed by atoms with Crippen LogP contribution in [-0.2, 0) is 20.4 Å². The van der Waals surface area contributed by atoms with E-state index in [9.17, 15) is 18.0 Å². The standard InChI is InChI=1S/C17H24N4O5S/c1-10-9-18-7-6-13(10)21-27(24,25)11-4-5-14(26-3)12(8-11)17(2)15(22)19-16(23)20-17/h4-5,8,10,13,18,21H,6-7,9H2,1-3H3,(H2,19,20,22,23). The molecule has 0 aliphatic carbocycles. The van der Waals surface area contributed by atoms with Gasteiger partial charge in [-0.05, 0) is 50.6 Å². The molecular formula is C17H24N4O5S. The summed E-state index contributed by atoms with van der Waals surface area (Å²) in [6.45, 7) is 4.98. The van der Waals surface area contributed by atoms with E-state index in [1.54, 1.807) is 0 Å². The quantitative estimate of drug-likeness (QED) is 0.520. The number of methoxy groups -OCH3 is 1. The van der Waals surface area contributed by atoms with Gasteiger partial charge in [0.2, 0.25) is 10.0 Å². The maximum absolute atomic E-state index is 12.9. The molecule has 0 bridgehead atoms. The number of sulfonamides is 1. The molecule has 0 aromatic heterocycles. The molecule has 27 heavy (non-hydrogen) atoms. The predicted octanol–water partition coefficient (Wildman–Crippen LogP) is 0.0261. The Kier molecular flexibility index (Phi) is 5.15. The molecule has 3 rings (SSSR count). The summed E-state index contributed by atoms with van der Waals surface area (Å²) in [5, 5.41) is 7.93. The summed E-state index contributed by atoms with van der Waals surface area (Å²) >= 11 is 0. The molecular weight excluding hydrogens is 372 g/mol. The summed E-state index contributed by atoms with van der Waals surface area (Å²) in [5.41, 5.74) is -1.15. The molecule has 2 aliphatic rings. The van der Waals surface area contributed by atoms with Gasteiger partial charge in [-0.25, -0.2) is 17.9 Å². The maximum Gasteiger partial charge on any atom is 0.322 e. The van der Waals surface area contributed by atoms with Crippen molar-refractivity contribution in [2.24, 2.45) is 5.92 Å². The zero-order valence-electron chi connectivity index (χ0n) is 15.5. The van der Waals surface area contributed by atoms with E-state index in [0.717, 1.165) is 13.1 Å². The first-order valence-electron chi connectivity index (χ1n) is 8.72. The van der Waals surface area contributed by atoms with E-state index in [-0.39, 0.29) is 22.4 Å². The van der Waals surface area contributed by atoms with Crippen molar-refractivity contribution in [3.8, 4) is 5.75 Å². The third kappa shape index (κ3) is 3.64. The fourth-order valence-corrected chi connectivity index (χ4v) is 4.84. The molecule has 10 heteroatoms. The summed E-state index contributed by atoms with van der Waals surface area (Å²) in [7, 11) is -2.39. The third-order valence-electron chi connectivity index (χ3n) is 5.16. The molecule has 9 nitrogen and oxygen atoms in total. The van der Waals surface area contributed by atoms with Gasteiger partial charge in [-0.3, -0.25) is 10.1 Å². The van der Waals surface area contributed by atoms with Crippen LogP contribution in [0, 0.1) is 5.92 Å². The van der Waals surface area contributed by atoms with Crippen molar-refractivity contribution in [1.29, 1.82) is 0 Å². The number of carbonyl (C=O) groups is 2. The second kappa shape index (κ2) is 7.10. The Balaban J connectivity index is 1.97. The first kappa shape index (κ1) is 19.6. The van der Waals surface area contributed by atoms with Gasteiger partial charge in [-0.15, -0.1) is 0 Å². The van der Waals surface area contributed by atoms with Gasteiger partial charge in [0.15, 0.2) is 0 Å². The fraction of sp³-hybridized carbons (Fsp3) is 0.529. The number of hydrogen-bond acceptors (Lipinski definition) is 6. The van der Waals surface area contributed by atoms with Crippen LogP contribution in [0.5, 0.6) is 5.75 Å². The molecule has 148 valence electrons. The molecule has 3 amide bonds. The van der Waals surface area contributed by atoms with Crippen LogP contribution >= 0.6 is 0 Å². The van der Waals surface area contributed by atoms with E-state index < -0.39 is 27.5 Å². The highest BCUT2D eigenvalue weighted by Crippen LogP contribution is 2.34. The number of carbonyl (C=O) groups excluding carboxylic acids is 2. The Morgan fingerprint density at radius 2 is 2.04 bits per heavy atom. The molecule has 1 aromatic rings. The number of benzene rings is 1. The maximum atomic E-state index is 12.9. The average molecular weight is 396 g/mol. The van der Waals surface area contributed by atoms with Crippen LogP contribution in [0.3, 0.4) is 0 Å². The Labute approximate surface area is 158 Å². The Morgan fingerprint density at radius 3 is 2.63 bits per heavy atom. The second-order valence-electron chi connectivity index (χ2n) is 7.09. The number of ether oxygens (including phenoxy) is 1. The van der Waals surface area contributed by atoms with Crippen molar-refractivity contribution in [1.82, 2.24) is 20.7 Å². The fourth-order valence-electron chi connectivity index (χ4n) is 3.43. The number of nitrogens with one attached hydrogen (secondary N) is 4. The highest BCUT2D eigenvalue weighted by molar-refractivity contribution is 7.89. The number of amides is 3. The zero-order valence-corrected chi connectivity index (χ0v) is 16.3. The molecule has 1 aromatic carbocycles.